The molecule has 3 aromatic rings. The maximum absolute atomic E-state index is 13.0. The van der Waals surface area contributed by atoms with Gasteiger partial charge in [-0.05, 0) is 55.2 Å². The molecular weight excluding hydrogens is 419 g/mol. The summed E-state index contributed by atoms with van der Waals surface area (Å²) in [6.45, 7) is 1.92. The zero-order chi connectivity index (χ0) is 23.0. The highest BCUT2D eigenvalue weighted by atomic mass is 19.4. The van der Waals surface area contributed by atoms with E-state index < -0.39 is 17.6 Å². The number of nitrogens with one attached hydrogen (secondary N) is 1. The molecule has 0 unspecified atom stereocenters. The summed E-state index contributed by atoms with van der Waals surface area (Å²) in [7, 11) is 0. The molecule has 1 aliphatic rings. The SMILES string of the molecule is Cc1ccc(-c2c(O)c(C(=O)Nc3cccc(C(F)(F)F)c3)cc3c2CCCC3=O)cc1. The normalized spacial score (nSPS) is 13.6. The molecule has 0 bridgehead atoms. The third-order valence-corrected chi connectivity index (χ3v) is 5.57. The molecule has 32 heavy (non-hydrogen) atoms. The number of anilines is 1. The monoisotopic (exact) mass is 439 g/mol. The van der Waals surface area contributed by atoms with Crippen LogP contribution in [0.1, 0.15) is 50.2 Å². The molecule has 0 aliphatic heterocycles. The summed E-state index contributed by atoms with van der Waals surface area (Å²) in [5.74, 6) is -1.23. The molecule has 0 fully saturated rings. The largest absolute Gasteiger partial charge is 0.506 e. The van der Waals surface area contributed by atoms with Crippen LogP contribution in [0.2, 0.25) is 0 Å². The van der Waals surface area contributed by atoms with Crippen LogP contribution in [0.15, 0.2) is 54.6 Å². The zero-order valence-corrected chi connectivity index (χ0v) is 17.2. The predicted octanol–water partition coefficient (Wildman–Crippen LogP) is 6.16. The number of benzene rings is 3. The van der Waals surface area contributed by atoms with Gasteiger partial charge in [0.1, 0.15) is 5.75 Å². The minimum Gasteiger partial charge on any atom is -0.506 e. The predicted molar refractivity (Wildman–Crippen MR) is 115 cm³/mol. The number of aryl methyl sites for hydroxylation is 1. The van der Waals surface area contributed by atoms with Crippen LogP contribution in [0.3, 0.4) is 0 Å². The van der Waals surface area contributed by atoms with Crippen LogP contribution in [0.5, 0.6) is 5.75 Å². The van der Waals surface area contributed by atoms with E-state index >= 15 is 0 Å². The van der Waals surface area contributed by atoms with Crippen LogP contribution in [0.4, 0.5) is 18.9 Å². The summed E-state index contributed by atoms with van der Waals surface area (Å²) in [6, 6.07) is 12.9. The maximum Gasteiger partial charge on any atom is 0.416 e. The molecule has 1 amide bonds. The molecule has 0 radical (unpaired) electrons. The maximum atomic E-state index is 13.0. The number of alkyl halides is 3. The molecule has 0 spiro atoms. The van der Waals surface area contributed by atoms with E-state index in [1.807, 2.05) is 19.1 Å². The standard InChI is InChI=1S/C25H20F3NO3/c1-14-8-10-15(11-9-14)22-18-6-3-7-21(30)19(18)13-20(23(22)31)24(32)29-17-5-2-4-16(12-17)25(26,27)28/h2,4-5,8-13,31H,3,6-7H2,1H3,(H,29,32). The zero-order valence-electron chi connectivity index (χ0n) is 17.2. The fourth-order valence-electron chi connectivity index (χ4n) is 3.96. The van der Waals surface area contributed by atoms with Crippen molar-refractivity contribution in [2.45, 2.75) is 32.4 Å². The Bertz CT molecular complexity index is 1210. The van der Waals surface area contributed by atoms with Gasteiger partial charge in [-0.15, -0.1) is 0 Å². The lowest BCUT2D eigenvalue weighted by Crippen LogP contribution is -2.18. The number of amides is 1. The number of carbonyl (C=O) groups is 2. The molecule has 1 aliphatic carbocycles. The molecule has 0 heterocycles. The highest BCUT2D eigenvalue weighted by Crippen LogP contribution is 2.41. The Morgan fingerprint density at radius 2 is 1.75 bits per heavy atom. The topological polar surface area (TPSA) is 66.4 Å². The van der Waals surface area contributed by atoms with E-state index in [4.69, 9.17) is 0 Å². The van der Waals surface area contributed by atoms with Crippen molar-refractivity contribution in [2.24, 2.45) is 0 Å². The van der Waals surface area contributed by atoms with Gasteiger partial charge in [0.15, 0.2) is 5.78 Å². The van der Waals surface area contributed by atoms with Gasteiger partial charge in [0.25, 0.3) is 5.91 Å². The number of aromatic hydroxyl groups is 1. The Kier molecular flexibility index (Phi) is 5.50. The van der Waals surface area contributed by atoms with Crippen LogP contribution < -0.4 is 5.32 Å². The number of hydrogen-bond donors (Lipinski definition) is 2. The molecule has 0 atom stereocenters. The molecule has 0 saturated carbocycles. The molecule has 7 heteroatoms. The average Bonchev–Trinajstić information content (AvgIpc) is 2.74. The lowest BCUT2D eigenvalue weighted by Gasteiger charge is -2.22. The Hall–Kier alpha value is -3.61. The number of halogens is 3. The number of Topliss-reactive ketones (excluding diaryl/α,β-unsaturated/α-hetero) is 1. The van der Waals surface area contributed by atoms with E-state index in [2.05, 4.69) is 5.32 Å². The van der Waals surface area contributed by atoms with Crippen molar-refractivity contribution in [3.05, 3.63) is 82.4 Å². The van der Waals surface area contributed by atoms with Crippen LogP contribution in [0.25, 0.3) is 11.1 Å². The molecule has 3 aromatic carbocycles. The van der Waals surface area contributed by atoms with Crippen molar-refractivity contribution in [3.63, 3.8) is 0 Å². The Labute approximate surface area is 182 Å². The van der Waals surface area contributed by atoms with Crippen molar-refractivity contribution >= 4 is 17.4 Å². The highest BCUT2D eigenvalue weighted by Gasteiger charge is 2.31. The van der Waals surface area contributed by atoms with Gasteiger partial charge in [0.2, 0.25) is 0 Å². The number of hydrogen-bond acceptors (Lipinski definition) is 3. The minimum atomic E-state index is -4.56. The highest BCUT2D eigenvalue weighted by molar-refractivity contribution is 6.11. The molecule has 4 nitrogen and oxygen atoms in total. The number of ketones is 1. The Balaban J connectivity index is 1.80. The van der Waals surface area contributed by atoms with Crippen LogP contribution in [-0.4, -0.2) is 16.8 Å². The van der Waals surface area contributed by atoms with E-state index in [9.17, 15) is 27.9 Å². The first-order valence-electron chi connectivity index (χ1n) is 10.1. The third-order valence-electron chi connectivity index (χ3n) is 5.57. The number of phenols is 1. The van der Waals surface area contributed by atoms with Gasteiger partial charge in [0, 0.05) is 23.2 Å². The van der Waals surface area contributed by atoms with Crippen molar-refractivity contribution in [1.82, 2.24) is 0 Å². The van der Waals surface area contributed by atoms with Gasteiger partial charge in [-0.25, -0.2) is 0 Å². The minimum absolute atomic E-state index is 0.0647. The molecule has 2 N–H and O–H groups in total. The average molecular weight is 439 g/mol. The van der Waals surface area contributed by atoms with Crippen molar-refractivity contribution in [2.75, 3.05) is 5.32 Å². The lowest BCUT2D eigenvalue weighted by molar-refractivity contribution is -0.137. The van der Waals surface area contributed by atoms with Gasteiger partial charge in [0.05, 0.1) is 11.1 Å². The van der Waals surface area contributed by atoms with Crippen LogP contribution in [0, 0.1) is 6.92 Å². The second kappa shape index (κ2) is 8.15. The summed E-state index contributed by atoms with van der Waals surface area (Å²) in [4.78, 5) is 25.5. The molecule has 164 valence electrons. The van der Waals surface area contributed by atoms with E-state index in [-0.39, 0.29) is 22.8 Å². The summed E-state index contributed by atoms with van der Waals surface area (Å²) in [6.07, 6.45) is -3.01. The van der Waals surface area contributed by atoms with Gasteiger partial charge < -0.3 is 10.4 Å². The molecular formula is C25H20F3NO3. The summed E-state index contributed by atoms with van der Waals surface area (Å²) < 4.78 is 39.0. The lowest BCUT2D eigenvalue weighted by atomic mass is 9.82. The Morgan fingerprint density at radius 1 is 1.03 bits per heavy atom. The summed E-state index contributed by atoms with van der Waals surface area (Å²) >= 11 is 0. The number of carbonyl (C=O) groups excluding carboxylic acids is 2. The van der Waals surface area contributed by atoms with Gasteiger partial charge >= 0.3 is 6.18 Å². The first-order valence-corrected chi connectivity index (χ1v) is 10.1. The van der Waals surface area contributed by atoms with E-state index in [1.54, 1.807) is 12.1 Å². The Morgan fingerprint density at radius 3 is 2.44 bits per heavy atom. The van der Waals surface area contributed by atoms with E-state index in [1.165, 1.54) is 18.2 Å². The van der Waals surface area contributed by atoms with Gasteiger partial charge in [-0.3, -0.25) is 9.59 Å². The smallest absolute Gasteiger partial charge is 0.416 e. The van der Waals surface area contributed by atoms with Gasteiger partial charge in [-0.2, -0.15) is 13.2 Å². The summed E-state index contributed by atoms with van der Waals surface area (Å²) in [5.41, 5.74) is 1.99. The quantitative estimate of drug-likeness (QED) is 0.514. The molecule has 4 rings (SSSR count). The second-order valence-electron chi connectivity index (χ2n) is 7.85. The fourth-order valence-corrected chi connectivity index (χ4v) is 3.96. The third kappa shape index (κ3) is 4.10. The number of phenolic OH excluding ortho intramolecular Hbond substituents is 1. The fraction of sp³-hybridized carbons (Fsp3) is 0.200. The van der Waals surface area contributed by atoms with E-state index in [0.717, 1.165) is 17.7 Å². The van der Waals surface area contributed by atoms with Gasteiger partial charge in [-0.1, -0.05) is 35.9 Å². The number of fused-ring (bicyclic) bond motifs is 1. The summed E-state index contributed by atoms with van der Waals surface area (Å²) in [5, 5.41) is 13.4. The second-order valence-corrected chi connectivity index (χ2v) is 7.85. The number of rotatable bonds is 3. The van der Waals surface area contributed by atoms with Crippen LogP contribution >= 0.6 is 0 Å². The van der Waals surface area contributed by atoms with E-state index in [0.29, 0.717) is 41.5 Å². The first kappa shape index (κ1) is 21.6. The van der Waals surface area contributed by atoms with Crippen molar-refractivity contribution in [3.8, 4) is 16.9 Å². The van der Waals surface area contributed by atoms with Crippen molar-refractivity contribution < 1.29 is 27.9 Å². The molecule has 0 aromatic heterocycles. The van der Waals surface area contributed by atoms with Crippen LogP contribution in [-0.2, 0) is 12.6 Å². The molecule has 0 saturated heterocycles. The first-order chi connectivity index (χ1) is 15.1. The van der Waals surface area contributed by atoms with Crippen molar-refractivity contribution in [1.29, 1.82) is 0 Å².